The van der Waals surface area contributed by atoms with Crippen molar-refractivity contribution in [2.75, 3.05) is 20.1 Å². The van der Waals surface area contributed by atoms with Crippen LogP contribution in [0, 0.1) is 6.92 Å². The molecular formula is C17H23N5O. The first-order valence-corrected chi connectivity index (χ1v) is 8.10. The molecule has 1 aliphatic heterocycles. The van der Waals surface area contributed by atoms with Gasteiger partial charge in [-0.15, -0.1) is 5.10 Å². The van der Waals surface area contributed by atoms with Crippen molar-refractivity contribution >= 4 is 5.91 Å². The van der Waals surface area contributed by atoms with Gasteiger partial charge in [-0.05, 0) is 38.9 Å². The van der Waals surface area contributed by atoms with E-state index in [2.05, 4.69) is 15.6 Å². The summed E-state index contributed by atoms with van der Waals surface area (Å²) in [4.78, 5) is 14.4. The van der Waals surface area contributed by atoms with Crippen LogP contribution in [-0.2, 0) is 11.2 Å². The predicted molar refractivity (Wildman–Crippen MR) is 88.5 cm³/mol. The molecule has 2 heterocycles. The van der Waals surface area contributed by atoms with Gasteiger partial charge in [-0.2, -0.15) is 0 Å². The SMILES string of the molecule is CNC1CCN(C(=O)Cc2nnn(-c3ccccc3)c2C)CC1. The van der Waals surface area contributed by atoms with Crippen LogP contribution in [0.2, 0.25) is 0 Å². The Kier molecular flexibility index (Phi) is 4.71. The van der Waals surface area contributed by atoms with Crippen LogP contribution in [0.1, 0.15) is 24.2 Å². The van der Waals surface area contributed by atoms with Crippen molar-refractivity contribution in [3.8, 4) is 5.69 Å². The molecule has 0 atom stereocenters. The van der Waals surface area contributed by atoms with E-state index in [9.17, 15) is 4.79 Å². The van der Waals surface area contributed by atoms with Gasteiger partial charge in [0.2, 0.25) is 5.91 Å². The number of amides is 1. The molecule has 0 radical (unpaired) electrons. The number of carbonyl (C=O) groups is 1. The molecule has 1 fully saturated rings. The predicted octanol–water partition coefficient (Wildman–Crippen LogP) is 1.33. The molecule has 1 saturated heterocycles. The van der Waals surface area contributed by atoms with Crippen LogP contribution < -0.4 is 5.32 Å². The Balaban J connectivity index is 1.67. The first kappa shape index (κ1) is 15.7. The average Bonchev–Trinajstić information content (AvgIpc) is 2.96. The monoisotopic (exact) mass is 313 g/mol. The number of para-hydroxylation sites is 1. The van der Waals surface area contributed by atoms with Crippen LogP contribution in [0.5, 0.6) is 0 Å². The zero-order valence-corrected chi connectivity index (χ0v) is 13.7. The Morgan fingerprint density at radius 2 is 1.96 bits per heavy atom. The maximum absolute atomic E-state index is 12.5. The lowest BCUT2D eigenvalue weighted by atomic mass is 10.0. The second-order valence-electron chi connectivity index (χ2n) is 5.99. The first-order valence-electron chi connectivity index (χ1n) is 8.10. The molecular weight excluding hydrogens is 290 g/mol. The van der Waals surface area contributed by atoms with Crippen molar-refractivity contribution in [2.45, 2.75) is 32.2 Å². The molecule has 6 heteroatoms. The topological polar surface area (TPSA) is 63.1 Å². The number of hydrogen-bond acceptors (Lipinski definition) is 4. The number of hydrogen-bond donors (Lipinski definition) is 1. The van der Waals surface area contributed by atoms with Crippen LogP contribution in [0.25, 0.3) is 5.69 Å². The van der Waals surface area contributed by atoms with Crippen molar-refractivity contribution in [1.29, 1.82) is 0 Å². The zero-order chi connectivity index (χ0) is 16.2. The molecule has 1 aromatic heterocycles. The fourth-order valence-electron chi connectivity index (χ4n) is 3.01. The largest absolute Gasteiger partial charge is 0.342 e. The summed E-state index contributed by atoms with van der Waals surface area (Å²) < 4.78 is 1.79. The Bertz CT molecular complexity index is 659. The first-order chi connectivity index (χ1) is 11.2. The normalized spacial score (nSPS) is 15.8. The minimum absolute atomic E-state index is 0.141. The summed E-state index contributed by atoms with van der Waals surface area (Å²) in [6.45, 7) is 3.59. The van der Waals surface area contributed by atoms with E-state index in [1.54, 1.807) is 4.68 Å². The van der Waals surface area contributed by atoms with E-state index in [1.807, 2.05) is 49.2 Å². The highest BCUT2D eigenvalue weighted by Crippen LogP contribution is 2.15. The molecule has 0 spiro atoms. The van der Waals surface area contributed by atoms with Crippen LogP contribution in [-0.4, -0.2) is 52.0 Å². The molecule has 1 amide bonds. The number of aromatic nitrogens is 3. The Labute approximate surface area is 136 Å². The van der Waals surface area contributed by atoms with Crippen molar-refractivity contribution in [3.05, 3.63) is 41.7 Å². The van der Waals surface area contributed by atoms with Crippen LogP contribution >= 0.6 is 0 Å². The molecule has 0 saturated carbocycles. The van der Waals surface area contributed by atoms with Gasteiger partial charge in [-0.1, -0.05) is 23.4 Å². The zero-order valence-electron chi connectivity index (χ0n) is 13.7. The van der Waals surface area contributed by atoms with Crippen molar-refractivity contribution in [2.24, 2.45) is 0 Å². The summed E-state index contributed by atoms with van der Waals surface area (Å²) in [7, 11) is 1.98. The van der Waals surface area contributed by atoms with Crippen LogP contribution in [0.3, 0.4) is 0 Å². The summed E-state index contributed by atoms with van der Waals surface area (Å²) in [5.41, 5.74) is 2.65. The Morgan fingerprint density at radius 3 is 2.61 bits per heavy atom. The van der Waals surface area contributed by atoms with E-state index in [1.165, 1.54) is 0 Å². The third kappa shape index (κ3) is 3.42. The lowest BCUT2D eigenvalue weighted by Gasteiger charge is -2.31. The number of benzene rings is 1. The molecule has 2 aromatic rings. The fourth-order valence-corrected chi connectivity index (χ4v) is 3.01. The van der Waals surface area contributed by atoms with E-state index in [0.717, 1.165) is 43.0 Å². The standard InChI is InChI=1S/C17H23N5O/c1-13-16(19-20-22(13)15-6-4-3-5-7-15)12-17(23)21-10-8-14(18-2)9-11-21/h3-7,14,18H,8-12H2,1-2H3. The number of piperidine rings is 1. The Hall–Kier alpha value is -2.21. The molecule has 1 N–H and O–H groups in total. The number of rotatable bonds is 4. The van der Waals surface area contributed by atoms with E-state index in [-0.39, 0.29) is 5.91 Å². The van der Waals surface area contributed by atoms with Crippen molar-refractivity contribution in [3.63, 3.8) is 0 Å². The smallest absolute Gasteiger partial charge is 0.228 e. The van der Waals surface area contributed by atoms with Crippen LogP contribution in [0.4, 0.5) is 0 Å². The summed E-state index contributed by atoms with van der Waals surface area (Å²) in [6.07, 6.45) is 2.35. The number of nitrogens with one attached hydrogen (secondary N) is 1. The van der Waals surface area contributed by atoms with Gasteiger partial charge in [0.05, 0.1) is 23.5 Å². The van der Waals surface area contributed by atoms with Crippen molar-refractivity contribution < 1.29 is 4.79 Å². The molecule has 1 aliphatic rings. The maximum atomic E-state index is 12.5. The van der Waals surface area contributed by atoms with Gasteiger partial charge in [0.1, 0.15) is 0 Å². The van der Waals surface area contributed by atoms with Gasteiger partial charge in [0.15, 0.2) is 0 Å². The lowest BCUT2D eigenvalue weighted by molar-refractivity contribution is -0.131. The summed E-state index contributed by atoms with van der Waals surface area (Å²) >= 11 is 0. The molecule has 0 unspecified atom stereocenters. The summed E-state index contributed by atoms with van der Waals surface area (Å²) in [5, 5.41) is 11.7. The van der Waals surface area contributed by atoms with E-state index < -0.39 is 0 Å². The third-order valence-corrected chi connectivity index (χ3v) is 4.57. The van der Waals surface area contributed by atoms with Gasteiger partial charge < -0.3 is 10.2 Å². The molecule has 0 aliphatic carbocycles. The molecule has 0 bridgehead atoms. The molecule has 1 aromatic carbocycles. The highest BCUT2D eigenvalue weighted by atomic mass is 16.2. The second-order valence-corrected chi connectivity index (χ2v) is 5.99. The van der Waals surface area contributed by atoms with Crippen LogP contribution in [0.15, 0.2) is 30.3 Å². The summed E-state index contributed by atoms with van der Waals surface area (Å²) in [6, 6.07) is 10.4. The van der Waals surface area contributed by atoms with Gasteiger partial charge >= 0.3 is 0 Å². The van der Waals surface area contributed by atoms with Crippen molar-refractivity contribution in [1.82, 2.24) is 25.2 Å². The number of carbonyl (C=O) groups excluding carboxylic acids is 1. The third-order valence-electron chi connectivity index (χ3n) is 4.57. The maximum Gasteiger partial charge on any atom is 0.228 e. The van der Waals surface area contributed by atoms with E-state index in [0.29, 0.717) is 12.5 Å². The molecule has 3 rings (SSSR count). The van der Waals surface area contributed by atoms with E-state index >= 15 is 0 Å². The second kappa shape index (κ2) is 6.91. The van der Waals surface area contributed by atoms with Gasteiger partial charge in [0.25, 0.3) is 0 Å². The minimum Gasteiger partial charge on any atom is -0.342 e. The Morgan fingerprint density at radius 1 is 1.26 bits per heavy atom. The average molecular weight is 313 g/mol. The van der Waals surface area contributed by atoms with Gasteiger partial charge in [-0.3, -0.25) is 4.79 Å². The highest BCUT2D eigenvalue weighted by molar-refractivity contribution is 5.78. The minimum atomic E-state index is 0.141. The van der Waals surface area contributed by atoms with Gasteiger partial charge in [0, 0.05) is 19.1 Å². The lowest BCUT2D eigenvalue weighted by Crippen LogP contribution is -2.44. The quantitative estimate of drug-likeness (QED) is 0.925. The van der Waals surface area contributed by atoms with E-state index in [4.69, 9.17) is 0 Å². The number of nitrogens with zero attached hydrogens (tertiary/aromatic N) is 4. The van der Waals surface area contributed by atoms with Gasteiger partial charge in [-0.25, -0.2) is 4.68 Å². The highest BCUT2D eigenvalue weighted by Gasteiger charge is 2.23. The fraction of sp³-hybridized carbons (Fsp3) is 0.471. The number of likely N-dealkylation sites (tertiary alicyclic amines) is 1. The molecule has 6 nitrogen and oxygen atoms in total. The molecule has 23 heavy (non-hydrogen) atoms. The molecule has 122 valence electrons. The summed E-state index contributed by atoms with van der Waals surface area (Å²) in [5.74, 6) is 0.141.